The number of amides is 2. The summed E-state index contributed by atoms with van der Waals surface area (Å²) in [6, 6.07) is 4.47. The maximum absolute atomic E-state index is 12.7. The molecule has 27 heavy (non-hydrogen) atoms. The van der Waals surface area contributed by atoms with Gasteiger partial charge < -0.3 is 15.5 Å². The van der Waals surface area contributed by atoms with Gasteiger partial charge in [-0.15, -0.1) is 12.4 Å². The maximum Gasteiger partial charge on any atom is 0.272 e. The first kappa shape index (κ1) is 19.9. The molecule has 1 aromatic heterocycles. The van der Waals surface area contributed by atoms with Crippen LogP contribution in [0.3, 0.4) is 0 Å². The monoisotopic (exact) mass is 429 g/mol. The zero-order valence-electron chi connectivity index (χ0n) is 14.2. The molecule has 1 atom stereocenters. The predicted octanol–water partition coefficient (Wildman–Crippen LogP) is 2.32. The lowest BCUT2D eigenvalue weighted by Crippen LogP contribution is -2.42. The highest BCUT2D eigenvalue weighted by atomic mass is 35.5. The first-order valence-corrected chi connectivity index (χ1v) is 9.14. The van der Waals surface area contributed by atoms with Crippen molar-refractivity contribution in [1.29, 1.82) is 0 Å². The number of H-pyrrole nitrogens is 1. The van der Waals surface area contributed by atoms with Gasteiger partial charge in [0, 0.05) is 43.0 Å². The zero-order chi connectivity index (χ0) is 18.3. The number of carbonyl (C=O) groups is 2. The summed E-state index contributed by atoms with van der Waals surface area (Å²) in [5, 5.41) is 13.9. The van der Waals surface area contributed by atoms with Crippen molar-refractivity contribution in [2.75, 3.05) is 18.0 Å². The Kier molecular flexibility index (Phi) is 5.95. The number of halogens is 3. The van der Waals surface area contributed by atoms with Crippen molar-refractivity contribution in [2.45, 2.75) is 25.4 Å². The van der Waals surface area contributed by atoms with E-state index in [9.17, 15) is 9.59 Å². The van der Waals surface area contributed by atoms with Crippen LogP contribution in [0.4, 0.5) is 5.69 Å². The van der Waals surface area contributed by atoms with E-state index in [1.807, 2.05) is 0 Å². The molecule has 7 nitrogen and oxygen atoms in total. The lowest BCUT2D eigenvalue weighted by molar-refractivity contribution is -0.118. The van der Waals surface area contributed by atoms with E-state index >= 15 is 0 Å². The molecule has 3 heterocycles. The fraction of sp³-hybridized carbons (Fsp3) is 0.353. The number of aromatic amines is 1. The number of nitrogens with one attached hydrogen (secondary N) is 3. The molecule has 1 saturated heterocycles. The Morgan fingerprint density at radius 2 is 2.11 bits per heavy atom. The van der Waals surface area contributed by atoms with Crippen LogP contribution in [0.1, 0.15) is 28.2 Å². The lowest BCUT2D eigenvalue weighted by atomic mass is 10.1. The molecular weight excluding hydrogens is 413 g/mol. The van der Waals surface area contributed by atoms with Gasteiger partial charge in [-0.3, -0.25) is 14.7 Å². The Balaban J connectivity index is 0.00000210. The van der Waals surface area contributed by atoms with Crippen molar-refractivity contribution in [1.82, 2.24) is 20.8 Å². The van der Waals surface area contributed by atoms with Gasteiger partial charge in [-0.25, -0.2) is 0 Å². The zero-order valence-corrected chi connectivity index (χ0v) is 16.5. The molecule has 3 N–H and O–H groups in total. The molecule has 144 valence electrons. The molecule has 2 aliphatic rings. The van der Waals surface area contributed by atoms with Crippen LogP contribution < -0.4 is 15.5 Å². The molecule has 0 radical (unpaired) electrons. The van der Waals surface area contributed by atoms with E-state index in [4.69, 9.17) is 23.2 Å². The van der Waals surface area contributed by atoms with Gasteiger partial charge in [-0.2, -0.15) is 5.10 Å². The largest absolute Gasteiger partial charge is 0.339 e. The maximum atomic E-state index is 12.7. The Morgan fingerprint density at radius 1 is 1.30 bits per heavy atom. The molecule has 0 bridgehead atoms. The lowest BCUT2D eigenvalue weighted by Gasteiger charge is -2.18. The van der Waals surface area contributed by atoms with E-state index in [0.29, 0.717) is 40.9 Å². The standard InChI is InChI=1S/C17H17Cl2N5O2.ClH/c18-11-2-1-9(7-12(11)19)24-6-4-14(17(24)26)21-16(25)15-10-8-20-5-3-13(10)22-23-15;/h1-2,7,14,20H,3-6,8H2,(H,21,25)(H,22,23);1H. The van der Waals surface area contributed by atoms with Crippen molar-refractivity contribution >= 4 is 53.1 Å². The normalized spacial score (nSPS) is 18.8. The Labute approximate surface area is 172 Å². The molecule has 1 aromatic carbocycles. The van der Waals surface area contributed by atoms with Crippen molar-refractivity contribution < 1.29 is 9.59 Å². The van der Waals surface area contributed by atoms with Gasteiger partial charge >= 0.3 is 0 Å². The summed E-state index contributed by atoms with van der Waals surface area (Å²) in [7, 11) is 0. The molecule has 2 amide bonds. The van der Waals surface area contributed by atoms with Crippen LogP contribution in [0, 0.1) is 0 Å². The smallest absolute Gasteiger partial charge is 0.272 e. The van der Waals surface area contributed by atoms with Gasteiger partial charge in [0.15, 0.2) is 5.69 Å². The van der Waals surface area contributed by atoms with Gasteiger partial charge in [0.2, 0.25) is 5.91 Å². The minimum Gasteiger partial charge on any atom is -0.339 e. The van der Waals surface area contributed by atoms with E-state index in [1.54, 1.807) is 23.1 Å². The highest BCUT2D eigenvalue weighted by molar-refractivity contribution is 6.42. The molecule has 0 saturated carbocycles. The van der Waals surface area contributed by atoms with Gasteiger partial charge in [-0.1, -0.05) is 23.2 Å². The molecule has 4 rings (SSSR count). The predicted molar refractivity (Wildman–Crippen MR) is 106 cm³/mol. The van der Waals surface area contributed by atoms with E-state index in [1.165, 1.54) is 0 Å². The Bertz CT molecular complexity index is 885. The van der Waals surface area contributed by atoms with Crippen LogP contribution in [0.5, 0.6) is 0 Å². The molecule has 0 spiro atoms. The second-order valence-corrected chi connectivity index (χ2v) is 7.17. The summed E-state index contributed by atoms with van der Waals surface area (Å²) in [6.07, 6.45) is 1.33. The minimum atomic E-state index is -0.583. The average Bonchev–Trinajstić information content (AvgIpc) is 3.22. The van der Waals surface area contributed by atoms with Crippen LogP contribution in [0.2, 0.25) is 10.0 Å². The van der Waals surface area contributed by atoms with Gasteiger partial charge in [0.05, 0.1) is 10.0 Å². The third kappa shape index (κ3) is 3.78. The molecule has 2 aliphatic heterocycles. The molecular formula is C17H18Cl3N5O2. The second kappa shape index (κ2) is 8.06. The third-order valence-electron chi connectivity index (χ3n) is 4.75. The van der Waals surface area contributed by atoms with Crippen molar-refractivity contribution in [3.63, 3.8) is 0 Å². The molecule has 0 aliphatic carbocycles. The second-order valence-electron chi connectivity index (χ2n) is 6.36. The number of carbonyl (C=O) groups excluding carboxylic acids is 2. The molecule has 10 heteroatoms. The average molecular weight is 431 g/mol. The van der Waals surface area contributed by atoms with E-state index in [0.717, 1.165) is 24.2 Å². The summed E-state index contributed by atoms with van der Waals surface area (Å²) in [5.41, 5.74) is 2.88. The number of anilines is 1. The highest BCUT2D eigenvalue weighted by Gasteiger charge is 2.35. The van der Waals surface area contributed by atoms with Crippen LogP contribution in [0.25, 0.3) is 0 Å². The molecule has 1 fully saturated rings. The first-order chi connectivity index (χ1) is 12.5. The quantitative estimate of drug-likeness (QED) is 0.697. The SMILES string of the molecule is Cl.O=C(NC1CCN(c2ccc(Cl)c(Cl)c2)C1=O)c1n[nH]c2c1CNCC2. The van der Waals surface area contributed by atoms with Gasteiger partial charge in [0.1, 0.15) is 6.04 Å². The Hall–Kier alpha value is -1.80. The van der Waals surface area contributed by atoms with Crippen LogP contribution in [0.15, 0.2) is 18.2 Å². The van der Waals surface area contributed by atoms with Gasteiger partial charge in [0.25, 0.3) is 5.91 Å². The molecule has 1 unspecified atom stereocenters. The first-order valence-electron chi connectivity index (χ1n) is 8.38. The highest BCUT2D eigenvalue weighted by Crippen LogP contribution is 2.29. The van der Waals surface area contributed by atoms with E-state index < -0.39 is 6.04 Å². The van der Waals surface area contributed by atoms with Gasteiger partial charge in [-0.05, 0) is 24.6 Å². The van der Waals surface area contributed by atoms with Crippen LogP contribution in [-0.2, 0) is 17.8 Å². The van der Waals surface area contributed by atoms with E-state index in [2.05, 4.69) is 20.8 Å². The van der Waals surface area contributed by atoms with Crippen molar-refractivity contribution in [3.05, 3.63) is 45.2 Å². The van der Waals surface area contributed by atoms with Crippen molar-refractivity contribution in [3.8, 4) is 0 Å². The number of hydrogen-bond acceptors (Lipinski definition) is 4. The fourth-order valence-corrected chi connectivity index (χ4v) is 3.66. The number of hydrogen-bond donors (Lipinski definition) is 3. The number of rotatable bonds is 3. The fourth-order valence-electron chi connectivity index (χ4n) is 3.36. The number of nitrogens with zero attached hydrogens (tertiary/aromatic N) is 2. The van der Waals surface area contributed by atoms with Crippen LogP contribution in [-0.4, -0.2) is 41.1 Å². The molecule has 2 aromatic rings. The summed E-state index contributed by atoms with van der Waals surface area (Å²) < 4.78 is 0. The topological polar surface area (TPSA) is 90.1 Å². The summed E-state index contributed by atoms with van der Waals surface area (Å²) in [5.74, 6) is -0.500. The summed E-state index contributed by atoms with van der Waals surface area (Å²) in [4.78, 5) is 26.9. The number of fused-ring (bicyclic) bond motifs is 1. The summed E-state index contributed by atoms with van der Waals surface area (Å²) in [6.45, 7) is 1.96. The Morgan fingerprint density at radius 3 is 2.89 bits per heavy atom. The number of benzene rings is 1. The van der Waals surface area contributed by atoms with E-state index in [-0.39, 0.29) is 24.2 Å². The number of aromatic nitrogens is 2. The van der Waals surface area contributed by atoms with Crippen LogP contribution >= 0.6 is 35.6 Å². The summed E-state index contributed by atoms with van der Waals surface area (Å²) >= 11 is 12.0. The minimum absolute atomic E-state index is 0. The van der Waals surface area contributed by atoms with Crippen molar-refractivity contribution in [2.24, 2.45) is 0 Å². The third-order valence-corrected chi connectivity index (χ3v) is 5.49.